The third kappa shape index (κ3) is 4.85. The first-order chi connectivity index (χ1) is 8.50. The van der Waals surface area contributed by atoms with E-state index >= 15 is 0 Å². The van der Waals surface area contributed by atoms with Crippen LogP contribution in [0.3, 0.4) is 0 Å². The van der Waals surface area contributed by atoms with Crippen LogP contribution in [0, 0.1) is 0 Å². The number of nitrogens with one attached hydrogen (secondary N) is 2. The first-order valence-electron chi connectivity index (χ1n) is 5.81. The molecule has 2 unspecified atom stereocenters. The van der Waals surface area contributed by atoms with E-state index < -0.39 is 12.1 Å². The Morgan fingerprint density at radius 2 is 2.17 bits per heavy atom. The van der Waals surface area contributed by atoms with Crippen LogP contribution in [0.5, 0.6) is 0 Å². The van der Waals surface area contributed by atoms with Gasteiger partial charge in [0.2, 0.25) is 5.91 Å². The maximum atomic E-state index is 11.7. The number of rotatable bonds is 6. The molecule has 0 saturated heterocycles. The fraction of sp³-hybridized carbons (Fsp3) is 0.500. The third-order valence-corrected chi connectivity index (χ3v) is 3.22. The van der Waals surface area contributed by atoms with Gasteiger partial charge in [0.25, 0.3) is 5.91 Å². The molecule has 6 heteroatoms. The van der Waals surface area contributed by atoms with Gasteiger partial charge in [0.1, 0.15) is 6.04 Å². The molecule has 3 N–H and O–H groups in total. The minimum atomic E-state index is -0.589. The SMILES string of the molecule is CC(O)CCNC(=O)C(C)NC(=O)c1cccs1. The Kier molecular flexibility index (Phi) is 5.80. The summed E-state index contributed by atoms with van der Waals surface area (Å²) in [5, 5.41) is 16.1. The van der Waals surface area contributed by atoms with Crippen molar-refractivity contribution in [2.24, 2.45) is 0 Å². The molecule has 18 heavy (non-hydrogen) atoms. The Balaban J connectivity index is 2.33. The zero-order valence-corrected chi connectivity index (χ0v) is 11.3. The smallest absolute Gasteiger partial charge is 0.261 e. The predicted octanol–water partition coefficient (Wildman–Crippen LogP) is 0.754. The first-order valence-corrected chi connectivity index (χ1v) is 6.69. The quantitative estimate of drug-likeness (QED) is 0.714. The molecule has 0 bridgehead atoms. The summed E-state index contributed by atoms with van der Waals surface area (Å²) in [5.74, 6) is -0.497. The number of aliphatic hydroxyl groups is 1. The van der Waals surface area contributed by atoms with Crippen LogP contribution in [0.15, 0.2) is 17.5 Å². The second-order valence-electron chi connectivity index (χ2n) is 4.10. The average Bonchev–Trinajstić information content (AvgIpc) is 2.81. The van der Waals surface area contributed by atoms with E-state index in [1.807, 2.05) is 5.38 Å². The van der Waals surface area contributed by atoms with Gasteiger partial charge in [0, 0.05) is 6.54 Å². The molecule has 0 fully saturated rings. The number of amides is 2. The summed E-state index contributed by atoms with van der Waals surface area (Å²) < 4.78 is 0. The van der Waals surface area contributed by atoms with Gasteiger partial charge in [-0.25, -0.2) is 0 Å². The lowest BCUT2D eigenvalue weighted by Gasteiger charge is -2.14. The highest BCUT2D eigenvalue weighted by Gasteiger charge is 2.16. The lowest BCUT2D eigenvalue weighted by molar-refractivity contribution is -0.122. The Bertz CT molecular complexity index is 390. The van der Waals surface area contributed by atoms with Gasteiger partial charge >= 0.3 is 0 Å². The zero-order valence-electron chi connectivity index (χ0n) is 10.5. The molecule has 2 atom stereocenters. The van der Waals surface area contributed by atoms with Gasteiger partial charge in [0.15, 0.2) is 0 Å². The van der Waals surface area contributed by atoms with Crippen molar-refractivity contribution in [1.29, 1.82) is 0 Å². The molecule has 1 rings (SSSR count). The summed E-state index contributed by atoms with van der Waals surface area (Å²) in [7, 11) is 0. The third-order valence-electron chi connectivity index (χ3n) is 2.35. The molecule has 5 nitrogen and oxygen atoms in total. The molecule has 100 valence electrons. The second-order valence-corrected chi connectivity index (χ2v) is 5.05. The summed E-state index contributed by atoms with van der Waals surface area (Å²) in [6.07, 6.45) is 0.0541. The highest BCUT2D eigenvalue weighted by Crippen LogP contribution is 2.08. The molecule has 0 spiro atoms. The molecular weight excluding hydrogens is 252 g/mol. The molecule has 1 aromatic rings. The van der Waals surface area contributed by atoms with Crippen LogP contribution in [0.2, 0.25) is 0 Å². The largest absolute Gasteiger partial charge is 0.393 e. The average molecular weight is 270 g/mol. The fourth-order valence-electron chi connectivity index (χ4n) is 1.30. The maximum absolute atomic E-state index is 11.7. The predicted molar refractivity (Wildman–Crippen MR) is 70.6 cm³/mol. The van der Waals surface area contributed by atoms with Crippen LogP contribution in [-0.4, -0.2) is 35.6 Å². The van der Waals surface area contributed by atoms with Gasteiger partial charge in [-0.1, -0.05) is 6.07 Å². The van der Waals surface area contributed by atoms with Crippen molar-refractivity contribution in [2.75, 3.05) is 6.54 Å². The van der Waals surface area contributed by atoms with Crippen molar-refractivity contribution >= 4 is 23.2 Å². The number of carbonyl (C=O) groups excluding carboxylic acids is 2. The van der Waals surface area contributed by atoms with Crippen LogP contribution in [-0.2, 0) is 4.79 Å². The van der Waals surface area contributed by atoms with Crippen LogP contribution in [0.1, 0.15) is 29.9 Å². The molecule has 0 aliphatic heterocycles. The molecule has 0 radical (unpaired) electrons. The minimum Gasteiger partial charge on any atom is -0.393 e. The fourth-order valence-corrected chi connectivity index (χ4v) is 1.93. The van der Waals surface area contributed by atoms with E-state index in [0.29, 0.717) is 17.8 Å². The highest BCUT2D eigenvalue weighted by molar-refractivity contribution is 7.12. The standard InChI is InChI=1S/C12H18N2O3S/c1-8(15)5-6-13-11(16)9(2)14-12(17)10-4-3-7-18-10/h3-4,7-9,15H,5-6H2,1-2H3,(H,13,16)(H,14,17). The van der Waals surface area contributed by atoms with Gasteiger partial charge in [-0.05, 0) is 31.7 Å². The Morgan fingerprint density at radius 3 is 2.72 bits per heavy atom. The van der Waals surface area contributed by atoms with E-state index in [4.69, 9.17) is 5.11 Å². The van der Waals surface area contributed by atoms with Crippen molar-refractivity contribution in [2.45, 2.75) is 32.4 Å². The van der Waals surface area contributed by atoms with E-state index in [-0.39, 0.29) is 11.8 Å². The zero-order chi connectivity index (χ0) is 13.5. The van der Waals surface area contributed by atoms with Crippen molar-refractivity contribution < 1.29 is 14.7 Å². The van der Waals surface area contributed by atoms with Gasteiger partial charge in [-0.3, -0.25) is 9.59 Å². The number of hydrogen-bond donors (Lipinski definition) is 3. The number of thiophene rings is 1. The van der Waals surface area contributed by atoms with Crippen LogP contribution in [0.25, 0.3) is 0 Å². The summed E-state index contributed by atoms with van der Waals surface area (Å²) in [4.78, 5) is 23.9. The summed E-state index contributed by atoms with van der Waals surface area (Å²) in [5.41, 5.74) is 0. The lowest BCUT2D eigenvalue weighted by atomic mass is 10.2. The van der Waals surface area contributed by atoms with Gasteiger partial charge in [-0.2, -0.15) is 0 Å². The van der Waals surface area contributed by atoms with Gasteiger partial charge in [0.05, 0.1) is 11.0 Å². The van der Waals surface area contributed by atoms with Crippen molar-refractivity contribution in [3.05, 3.63) is 22.4 Å². The van der Waals surface area contributed by atoms with E-state index in [0.717, 1.165) is 0 Å². The minimum absolute atomic E-state index is 0.247. The van der Waals surface area contributed by atoms with E-state index in [2.05, 4.69) is 10.6 Å². The van der Waals surface area contributed by atoms with E-state index in [1.165, 1.54) is 11.3 Å². The lowest BCUT2D eigenvalue weighted by Crippen LogP contribution is -2.45. The molecule has 1 aromatic heterocycles. The monoisotopic (exact) mass is 270 g/mol. The summed E-state index contributed by atoms with van der Waals surface area (Å²) >= 11 is 1.33. The molecule has 1 heterocycles. The number of aliphatic hydroxyl groups excluding tert-OH is 1. The van der Waals surface area contributed by atoms with Crippen molar-refractivity contribution in [1.82, 2.24) is 10.6 Å². The molecule has 0 aliphatic rings. The summed E-state index contributed by atoms with van der Waals surface area (Å²) in [6, 6.07) is 2.90. The molecule has 0 aliphatic carbocycles. The van der Waals surface area contributed by atoms with Gasteiger partial charge in [-0.15, -0.1) is 11.3 Å². The van der Waals surface area contributed by atoms with Crippen molar-refractivity contribution in [3.8, 4) is 0 Å². The Labute approximate surface area is 110 Å². The van der Waals surface area contributed by atoms with E-state index in [9.17, 15) is 9.59 Å². The highest BCUT2D eigenvalue weighted by atomic mass is 32.1. The Hall–Kier alpha value is -1.40. The number of hydrogen-bond acceptors (Lipinski definition) is 4. The molecule has 0 saturated carbocycles. The maximum Gasteiger partial charge on any atom is 0.261 e. The van der Waals surface area contributed by atoms with Crippen molar-refractivity contribution in [3.63, 3.8) is 0 Å². The first kappa shape index (κ1) is 14.7. The van der Waals surface area contributed by atoms with Crippen LogP contribution >= 0.6 is 11.3 Å². The second kappa shape index (κ2) is 7.13. The molecule has 2 amide bonds. The normalized spacial score (nSPS) is 13.7. The summed E-state index contributed by atoms with van der Waals surface area (Å²) in [6.45, 7) is 3.69. The molecular formula is C12H18N2O3S. The topological polar surface area (TPSA) is 78.4 Å². The van der Waals surface area contributed by atoms with Crippen LogP contribution in [0.4, 0.5) is 0 Å². The number of carbonyl (C=O) groups is 2. The molecule has 0 aromatic carbocycles. The Morgan fingerprint density at radius 1 is 1.44 bits per heavy atom. The van der Waals surface area contributed by atoms with Crippen LogP contribution < -0.4 is 10.6 Å². The van der Waals surface area contributed by atoms with Gasteiger partial charge < -0.3 is 15.7 Å². The van der Waals surface area contributed by atoms with E-state index in [1.54, 1.807) is 26.0 Å².